The van der Waals surface area contributed by atoms with Crippen molar-refractivity contribution in [2.24, 2.45) is 0 Å². The summed E-state index contributed by atoms with van der Waals surface area (Å²) in [5, 5.41) is 8.81. The second kappa shape index (κ2) is 17.9. The Balaban J connectivity index is 0.000000212. The van der Waals surface area contributed by atoms with Crippen LogP contribution in [0.2, 0.25) is 0 Å². The molecule has 6 rings (SSSR count). The predicted octanol–water partition coefficient (Wildman–Crippen LogP) is 3.94. The minimum absolute atomic E-state index is 0. The Morgan fingerprint density at radius 3 is 1.37 bits per heavy atom. The van der Waals surface area contributed by atoms with Gasteiger partial charge in [0.2, 0.25) is 0 Å². The van der Waals surface area contributed by atoms with Crippen molar-refractivity contribution in [1.29, 1.82) is 0 Å². The number of rotatable bonds is 4. The van der Waals surface area contributed by atoms with E-state index in [1.54, 1.807) is 30.7 Å². The summed E-state index contributed by atoms with van der Waals surface area (Å²) in [6, 6.07) is 42.0. The molecule has 0 saturated heterocycles. The van der Waals surface area contributed by atoms with Gasteiger partial charge in [0.25, 0.3) is 0 Å². The molecule has 41 heavy (non-hydrogen) atoms. The standard InChI is InChI=1S/C11H8N2O2.2C11H8N.ClH.Ir/c14-11(15)8-4-6-13-10(7-8)9-3-1-2-5-12-9;2*1-2-6-10(7-3-1)11-8-4-5-9-12-11;;/h1-7H,(H,14,15);2*1-6,8-9H;1H;/q;2*-1;;+3/p-1. The van der Waals surface area contributed by atoms with Crippen LogP contribution in [0.5, 0.6) is 0 Å². The van der Waals surface area contributed by atoms with Crippen LogP contribution in [0.3, 0.4) is 0 Å². The first-order valence-electron chi connectivity index (χ1n) is 12.1. The number of aromatic nitrogens is 4. The Hall–Kier alpha value is -4.55. The molecule has 8 heteroatoms. The molecule has 204 valence electrons. The van der Waals surface area contributed by atoms with Gasteiger partial charge in [-0.05, 0) is 47.8 Å². The van der Waals surface area contributed by atoms with Crippen molar-refractivity contribution in [2.75, 3.05) is 0 Å². The van der Waals surface area contributed by atoms with Gasteiger partial charge in [-0.1, -0.05) is 30.3 Å². The monoisotopic (exact) mass is 736 g/mol. The first kappa shape index (κ1) is 32.7. The second-order valence-corrected chi connectivity index (χ2v) is 7.93. The summed E-state index contributed by atoms with van der Waals surface area (Å²) in [7, 11) is 0. The molecule has 0 aliphatic heterocycles. The number of halogens is 1. The van der Waals surface area contributed by atoms with Gasteiger partial charge < -0.3 is 27.5 Å². The maximum absolute atomic E-state index is 10.7. The van der Waals surface area contributed by atoms with Gasteiger partial charge in [-0.2, -0.15) is 0 Å². The number of nitrogens with zero attached hydrogens (tertiary/aromatic N) is 4. The molecule has 0 radical (unpaired) electrons. The Labute approximate surface area is 259 Å². The number of pyridine rings is 4. The molecule has 0 amide bonds. The molecule has 0 bridgehead atoms. The normalized spacial score (nSPS) is 9.27. The maximum atomic E-state index is 10.7. The molecule has 0 saturated carbocycles. The summed E-state index contributed by atoms with van der Waals surface area (Å²) in [4.78, 5) is 27.3. The molecule has 0 spiro atoms. The van der Waals surface area contributed by atoms with Crippen molar-refractivity contribution >= 4 is 5.97 Å². The number of hydrogen-bond acceptors (Lipinski definition) is 5. The van der Waals surface area contributed by atoms with Crippen LogP contribution >= 0.6 is 0 Å². The van der Waals surface area contributed by atoms with Gasteiger partial charge in [-0.3, -0.25) is 9.97 Å². The van der Waals surface area contributed by atoms with Gasteiger partial charge in [0.05, 0.1) is 17.0 Å². The summed E-state index contributed by atoms with van der Waals surface area (Å²) in [5.74, 6) is -0.963. The van der Waals surface area contributed by atoms with Gasteiger partial charge in [0.15, 0.2) is 0 Å². The summed E-state index contributed by atoms with van der Waals surface area (Å²) in [6.07, 6.45) is 6.68. The molecule has 0 aliphatic rings. The molecule has 1 N–H and O–H groups in total. The minimum atomic E-state index is -0.963. The summed E-state index contributed by atoms with van der Waals surface area (Å²) in [6.45, 7) is 0. The van der Waals surface area contributed by atoms with Gasteiger partial charge in [0, 0.05) is 24.8 Å². The van der Waals surface area contributed by atoms with Crippen molar-refractivity contribution in [2.45, 2.75) is 0 Å². The van der Waals surface area contributed by atoms with Crippen LogP contribution in [-0.2, 0) is 20.1 Å². The molecule has 0 atom stereocenters. The molecule has 6 nitrogen and oxygen atoms in total. The molecule has 6 aromatic rings. The number of carboxylic acids is 1. The molecule has 2 aromatic carbocycles. The number of carbonyl (C=O) groups is 1. The van der Waals surface area contributed by atoms with Gasteiger partial charge >= 0.3 is 26.1 Å². The quantitative estimate of drug-likeness (QED) is 0.276. The SMILES string of the molecule is O=C(O)c1ccnc(-c2ccccn2)c1.[Cl-].[Ir+3].[c-]1ccccc1-c1ccccn1.[c-]1ccccc1-c1ccccn1. The first-order chi connectivity index (χ1) is 19.2. The fourth-order valence-electron chi connectivity index (χ4n) is 3.37. The average Bonchev–Trinajstić information content (AvgIpc) is 3.04. The molecule has 0 unspecified atom stereocenters. The third-order valence-corrected chi connectivity index (χ3v) is 5.23. The van der Waals surface area contributed by atoms with Crippen LogP contribution in [0.15, 0.2) is 140 Å². The third-order valence-electron chi connectivity index (χ3n) is 5.23. The van der Waals surface area contributed by atoms with Crippen LogP contribution in [0.1, 0.15) is 10.4 Å². The van der Waals surface area contributed by atoms with Crippen LogP contribution < -0.4 is 12.4 Å². The van der Waals surface area contributed by atoms with E-state index >= 15 is 0 Å². The van der Waals surface area contributed by atoms with Crippen molar-refractivity contribution in [3.63, 3.8) is 0 Å². The van der Waals surface area contributed by atoms with Gasteiger partial charge in [0.1, 0.15) is 0 Å². The van der Waals surface area contributed by atoms with Crippen molar-refractivity contribution < 1.29 is 42.4 Å². The van der Waals surface area contributed by atoms with Gasteiger partial charge in [-0.15, -0.1) is 71.8 Å². The summed E-state index contributed by atoms with van der Waals surface area (Å²) in [5.41, 5.74) is 5.47. The molecule has 4 aromatic heterocycles. The van der Waals surface area contributed by atoms with Crippen LogP contribution in [0, 0.1) is 12.1 Å². The van der Waals surface area contributed by atoms with E-state index in [2.05, 4.69) is 32.1 Å². The Morgan fingerprint density at radius 1 is 0.537 bits per heavy atom. The minimum Gasteiger partial charge on any atom is -1.00 e. The number of carboxylic acid groups (broad SMARTS) is 1. The van der Waals surface area contributed by atoms with E-state index in [-0.39, 0.29) is 38.1 Å². The summed E-state index contributed by atoms with van der Waals surface area (Å²) >= 11 is 0. The fourth-order valence-corrected chi connectivity index (χ4v) is 3.37. The maximum Gasteiger partial charge on any atom is 3.00 e. The fraction of sp³-hybridized carbons (Fsp3) is 0. The molecule has 4 heterocycles. The zero-order valence-electron chi connectivity index (χ0n) is 21.6. The number of hydrogen-bond donors (Lipinski definition) is 1. The van der Waals surface area contributed by atoms with E-state index in [1.165, 1.54) is 18.3 Å². The topological polar surface area (TPSA) is 88.9 Å². The number of aromatic carboxylic acids is 1. The molecular weight excluding hydrogens is 712 g/mol. The van der Waals surface area contributed by atoms with E-state index in [1.807, 2.05) is 91.0 Å². The van der Waals surface area contributed by atoms with Crippen LogP contribution in [0.25, 0.3) is 33.9 Å². The van der Waals surface area contributed by atoms with Crippen LogP contribution in [-0.4, -0.2) is 31.0 Å². The van der Waals surface area contributed by atoms with E-state index in [0.29, 0.717) is 11.4 Å². The van der Waals surface area contributed by atoms with Gasteiger partial charge in [-0.25, -0.2) is 4.79 Å². The first-order valence-corrected chi connectivity index (χ1v) is 12.1. The zero-order chi connectivity index (χ0) is 27.1. The molecular formula is C33H24ClIrN4O2. The Morgan fingerprint density at radius 2 is 0.976 bits per heavy atom. The van der Waals surface area contributed by atoms with Crippen LogP contribution in [0.4, 0.5) is 0 Å². The Kier molecular flexibility index (Phi) is 14.3. The van der Waals surface area contributed by atoms with E-state index in [0.717, 1.165) is 22.5 Å². The van der Waals surface area contributed by atoms with E-state index in [9.17, 15) is 4.79 Å². The zero-order valence-corrected chi connectivity index (χ0v) is 24.8. The third kappa shape index (κ3) is 10.5. The predicted molar refractivity (Wildman–Crippen MR) is 151 cm³/mol. The molecule has 0 aliphatic carbocycles. The van der Waals surface area contributed by atoms with Crippen molar-refractivity contribution in [1.82, 2.24) is 19.9 Å². The van der Waals surface area contributed by atoms with E-state index in [4.69, 9.17) is 5.11 Å². The van der Waals surface area contributed by atoms with Crippen molar-refractivity contribution in [3.05, 3.63) is 158 Å². The average molecular weight is 736 g/mol. The Bertz CT molecular complexity index is 1410. The molecule has 0 fully saturated rings. The smallest absolute Gasteiger partial charge is 1.00 e. The van der Waals surface area contributed by atoms with Crippen molar-refractivity contribution in [3.8, 4) is 33.9 Å². The number of benzene rings is 2. The largest absolute Gasteiger partial charge is 3.00 e. The summed E-state index contributed by atoms with van der Waals surface area (Å²) < 4.78 is 0. The second-order valence-electron chi connectivity index (χ2n) is 7.93. The van der Waals surface area contributed by atoms with E-state index < -0.39 is 5.97 Å².